The van der Waals surface area contributed by atoms with Crippen molar-refractivity contribution in [2.75, 3.05) is 19.7 Å². The third kappa shape index (κ3) is 4.10. The van der Waals surface area contributed by atoms with E-state index in [1.54, 1.807) is 0 Å². The molecule has 0 aliphatic heterocycles. The molecule has 16 heavy (non-hydrogen) atoms. The van der Waals surface area contributed by atoms with Crippen molar-refractivity contribution in [2.45, 2.75) is 39.0 Å². The van der Waals surface area contributed by atoms with E-state index in [-0.39, 0.29) is 17.9 Å². The maximum Gasteiger partial charge on any atom is 0.220 e. The van der Waals surface area contributed by atoms with Crippen LogP contribution in [-0.4, -0.2) is 30.7 Å². The van der Waals surface area contributed by atoms with Crippen molar-refractivity contribution in [3.63, 3.8) is 0 Å². The minimum atomic E-state index is 0.0986. The van der Waals surface area contributed by atoms with E-state index >= 15 is 0 Å². The third-order valence-electron chi connectivity index (χ3n) is 3.64. The van der Waals surface area contributed by atoms with Crippen molar-refractivity contribution in [3.8, 4) is 0 Å². The third-order valence-corrected chi connectivity index (χ3v) is 3.64. The predicted octanol–water partition coefficient (Wildman–Crippen LogP) is 0.640. The first kappa shape index (κ1) is 13.5. The number of carbonyl (C=O) groups is 1. The highest BCUT2D eigenvalue weighted by atomic mass is 16.3. The highest BCUT2D eigenvalue weighted by Gasteiger charge is 2.41. The lowest BCUT2D eigenvalue weighted by Gasteiger charge is -2.16. The van der Waals surface area contributed by atoms with Crippen LogP contribution < -0.4 is 11.1 Å². The Labute approximate surface area is 97.6 Å². The maximum absolute atomic E-state index is 11.6. The van der Waals surface area contributed by atoms with Gasteiger partial charge in [-0.15, -0.1) is 0 Å². The molecule has 0 aromatic carbocycles. The molecule has 1 aliphatic rings. The van der Waals surface area contributed by atoms with E-state index in [0.29, 0.717) is 25.4 Å². The van der Waals surface area contributed by atoms with Crippen molar-refractivity contribution in [1.29, 1.82) is 0 Å². The summed E-state index contributed by atoms with van der Waals surface area (Å²) >= 11 is 0. The summed E-state index contributed by atoms with van der Waals surface area (Å²) in [4.78, 5) is 11.6. The molecule has 4 N–H and O–H groups in total. The van der Waals surface area contributed by atoms with Crippen molar-refractivity contribution in [3.05, 3.63) is 0 Å². The number of aliphatic hydroxyl groups is 1. The molecule has 0 radical (unpaired) electrons. The lowest BCUT2D eigenvalue weighted by atomic mass is 10.0. The maximum atomic E-state index is 11.6. The van der Waals surface area contributed by atoms with Gasteiger partial charge < -0.3 is 16.2 Å². The topological polar surface area (TPSA) is 75.4 Å². The van der Waals surface area contributed by atoms with Gasteiger partial charge in [-0.25, -0.2) is 0 Å². The van der Waals surface area contributed by atoms with Gasteiger partial charge in [-0.1, -0.05) is 13.3 Å². The molecule has 0 aromatic heterocycles. The van der Waals surface area contributed by atoms with Gasteiger partial charge in [0.25, 0.3) is 0 Å². The van der Waals surface area contributed by atoms with Crippen LogP contribution in [0.2, 0.25) is 0 Å². The molecule has 4 heteroatoms. The number of aliphatic hydroxyl groups excluding tert-OH is 1. The molecule has 1 fully saturated rings. The van der Waals surface area contributed by atoms with E-state index in [1.165, 1.54) is 0 Å². The van der Waals surface area contributed by atoms with Crippen LogP contribution in [0.3, 0.4) is 0 Å². The monoisotopic (exact) mass is 228 g/mol. The minimum Gasteiger partial charge on any atom is -0.396 e. The average molecular weight is 228 g/mol. The Balaban J connectivity index is 2.19. The minimum absolute atomic E-state index is 0.0986. The molecule has 0 bridgehead atoms. The fourth-order valence-electron chi connectivity index (χ4n) is 1.94. The first-order valence-electron chi connectivity index (χ1n) is 6.23. The Bertz CT molecular complexity index is 223. The van der Waals surface area contributed by atoms with E-state index < -0.39 is 0 Å². The Morgan fingerprint density at radius 1 is 1.56 bits per heavy atom. The largest absolute Gasteiger partial charge is 0.396 e. The summed E-state index contributed by atoms with van der Waals surface area (Å²) in [5, 5.41) is 11.9. The number of rotatable bonds is 8. The van der Waals surface area contributed by atoms with Crippen LogP contribution in [0.15, 0.2) is 0 Å². The average Bonchev–Trinajstić information content (AvgIpc) is 3.04. The summed E-state index contributed by atoms with van der Waals surface area (Å²) in [5.74, 6) is 0.398. The van der Waals surface area contributed by atoms with Gasteiger partial charge >= 0.3 is 0 Å². The molecule has 0 saturated heterocycles. The molecule has 4 nitrogen and oxygen atoms in total. The summed E-state index contributed by atoms with van der Waals surface area (Å²) < 4.78 is 0. The smallest absolute Gasteiger partial charge is 0.220 e. The summed E-state index contributed by atoms with van der Waals surface area (Å²) in [6, 6.07) is 0. The zero-order valence-corrected chi connectivity index (χ0v) is 10.2. The van der Waals surface area contributed by atoms with Gasteiger partial charge in [0.1, 0.15) is 0 Å². The standard InChI is InChI=1S/C12H24N2O2/c1-2-10(8-13)7-11(16)14-9-12(3-4-12)5-6-15/h10,15H,2-9,13H2,1H3,(H,14,16). The zero-order valence-electron chi connectivity index (χ0n) is 10.2. The fraction of sp³-hybridized carbons (Fsp3) is 0.917. The fourth-order valence-corrected chi connectivity index (χ4v) is 1.94. The number of hydrogen-bond donors (Lipinski definition) is 3. The molecule has 1 rings (SSSR count). The quantitative estimate of drug-likeness (QED) is 0.570. The van der Waals surface area contributed by atoms with E-state index in [9.17, 15) is 4.79 Å². The van der Waals surface area contributed by atoms with Gasteiger partial charge in [-0.2, -0.15) is 0 Å². The zero-order chi connectivity index (χ0) is 12.0. The summed E-state index contributed by atoms with van der Waals surface area (Å²) in [5.41, 5.74) is 5.76. The van der Waals surface area contributed by atoms with Crippen LogP contribution in [0.4, 0.5) is 0 Å². The normalized spacial score (nSPS) is 19.2. The lowest BCUT2D eigenvalue weighted by Crippen LogP contribution is -2.33. The predicted molar refractivity (Wildman–Crippen MR) is 63.8 cm³/mol. The number of nitrogens with two attached hydrogens (primary N) is 1. The van der Waals surface area contributed by atoms with Gasteiger partial charge in [0.05, 0.1) is 0 Å². The number of nitrogens with one attached hydrogen (secondary N) is 1. The van der Waals surface area contributed by atoms with Crippen molar-refractivity contribution < 1.29 is 9.90 Å². The van der Waals surface area contributed by atoms with Gasteiger partial charge in [0, 0.05) is 19.6 Å². The first-order chi connectivity index (χ1) is 7.65. The van der Waals surface area contributed by atoms with Crippen LogP contribution in [0.25, 0.3) is 0 Å². The van der Waals surface area contributed by atoms with Crippen molar-refractivity contribution in [2.24, 2.45) is 17.1 Å². The Morgan fingerprint density at radius 3 is 2.69 bits per heavy atom. The van der Waals surface area contributed by atoms with Crippen molar-refractivity contribution in [1.82, 2.24) is 5.32 Å². The molecule has 1 aliphatic carbocycles. The number of amides is 1. The van der Waals surface area contributed by atoms with E-state index in [2.05, 4.69) is 12.2 Å². The van der Waals surface area contributed by atoms with Crippen LogP contribution >= 0.6 is 0 Å². The second kappa shape index (κ2) is 6.21. The van der Waals surface area contributed by atoms with E-state index in [0.717, 1.165) is 25.7 Å². The number of hydrogen-bond acceptors (Lipinski definition) is 3. The van der Waals surface area contributed by atoms with E-state index in [4.69, 9.17) is 10.8 Å². The molecule has 1 saturated carbocycles. The summed E-state index contributed by atoms with van der Waals surface area (Å²) in [7, 11) is 0. The van der Waals surface area contributed by atoms with Gasteiger partial charge in [-0.3, -0.25) is 4.79 Å². The van der Waals surface area contributed by atoms with Crippen LogP contribution in [0, 0.1) is 11.3 Å². The molecule has 1 unspecified atom stereocenters. The molecule has 94 valence electrons. The Kier molecular flexibility index (Phi) is 5.22. The molecular weight excluding hydrogens is 204 g/mol. The summed E-state index contributed by atoms with van der Waals surface area (Å²) in [6.07, 6.45) is 4.54. The van der Waals surface area contributed by atoms with Crippen LogP contribution in [0.5, 0.6) is 0 Å². The van der Waals surface area contributed by atoms with Crippen LogP contribution in [-0.2, 0) is 4.79 Å². The summed E-state index contributed by atoms with van der Waals surface area (Å²) in [6.45, 7) is 3.56. The van der Waals surface area contributed by atoms with Crippen molar-refractivity contribution >= 4 is 5.91 Å². The second-order valence-corrected chi connectivity index (χ2v) is 4.96. The number of carbonyl (C=O) groups excluding carboxylic acids is 1. The highest BCUT2D eigenvalue weighted by Crippen LogP contribution is 2.47. The molecule has 0 spiro atoms. The Morgan fingerprint density at radius 2 is 2.25 bits per heavy atom. The van der Waals surface area contributed by atoms with Gasteiger partial charge in [0.2, 0.25) is 5.91 Å². The van der Waals surface area contributed by atoms with Gasteiger partial charge in [0.15, 0.2) is 0 Å². The lowest BCUT2D eigenvalue weighted by molar-refractivity contribution is -0.122. The molecule has 1 amide bonds. The highest BCUT2D eigenvalue weighted by molar-refractivity contribution is 5.76. The second-order valence-electron chi connectivity index (χ2n) is 4.96. The SMILES string of the molecule is CCC(CN)CC(=O)NCC1(CCO)CC1. The molecule has 1 atom stereocenters. The van der Waals surface area contributed by atoms with Gasteiger partial charge in [-0.05, 0) is 37.1 Å². The molecule has 0 aromatic rings. The molecule has 0 heterocycles. The first-order valence-corrected chi connectivity index (χ1v) is 6.23. The molecular formula is C12H24N2O2. The van der Waals surface area contributed by atoms with Crippen LogP contribution in [0.1, 0.15) is 39.0 Å². The van der Waals surface area contributed by atoms with E-state index in [1.807, 2.05) is 0 Å². The Hall–Kier alpha value is -0.610.